The lowest BCUT2D eigenvalue weighted by Gasteiger charge is -2.16. The molecule has 0 atom stereocenters. The van der Waals surface area contributed by atoms with E-state index < -0.39 is 5.60 Å². The minimum Gasteiger partial charge on any atom is -0.298 e. The van der Waals surface area contributed by atoms with Crippen molar-refractivity contribution in [3.8, 4) is 0 Å². The van der Waals surface area contributed by atoms with Crippen LogP contribution in [0, 0.1) is 0 Å². The molecule has 0 radical (unpaired) electrons. The van der Waals surface area contributed by atoms with E-state index in [1.54, 1.807) is 0 Å². The first-order valence-corrected chi connectivity index (χ1v) is 10.5. The zero-order chi connectivity index (χ0) is 18.8. The van der Waals surface area contributed by atoms with Crippen molar-refractivity contribution < 1.29 is 14.6 Å². The lowest BCUT2D eigenvalue weighted by molar-refractivity contribution is -0.320. The lowest BCUT2D eigenvalue weighted by Crippen LogP contribution is -2.21. The Morgan fingerprint density at radius 2 is 1.24 bits per heavy atom. The van der Waals surface area contributed by atoms with E-state index in [9.17, 15) is 4.79 Å². The number of carbonyl (C=O) groups excluding carboxylic acids is 1. The normalized spacial score (nSPS) is 12.0. The van der Waals surface area contributed by atoms with Crippen LogP contribution >= 0.6 is 0 Å². The molecule has 3 heteroatoms. The predicted octanol–water partition coefficient (Wildman–Crippen LogP) is 7.30. The van der Waals surface area contributed by atoms with Crippen LogP contribution in [0.2, 0.25) is 0 Å². The first kappa shape index (κ1) is 24.2. The number of hydrogen-bond donors (Lipinski definition) is 0. The van der Waals surface area contributed by atoms with Crippen molar-refractivity contribution in [2.24, 2.45) is 0 Å². The molecule has 0 amide bonds. The molecule has 0 unspecified atom stereocenters. The summed E-state index contributed by atoms with van der Waals surface area (Å²) in [4.78, 5) is 21.3. The topological polar surface area (TPSA) is 35.5 Å². The summed E-state index contributed by atoms with van der Waals surface area (Å²) in [6.07, 6.45) is 21.5. The van der Waals surface area contributed by atoms with E-state index in [-0.39, 0.29) is 5.97 Å². The molecule has 0 fully saturated rings. The number of rotatable bonds is 16. The second kappa shape index (κ2) is 16.6. The molecule has 0 saturated heterocycles. The van der Waals surface area contributed by atoms with E-state index in [0.717, 1.165) is 12.8 Å². The number of hydrogen-bond acceptors (Lipinski definition) is 3. The van der Waals surface area contributed by atoms with Crippen LogP contribution in [-0.2, 0) is 14.6 Å². The number of carbonyl (C=O) groups is 1. The van der Waals surface area contributed by atoms with Crippen LogP contribution < -0.4 is 0 Å². The van der Waals surface area contributed by atoms with Crippen molar-refractivity contribution in [2.45, 2.75) is 123 Å². The maximum atomic E-state index is 11.5. The largest absolute Gasteiger partial charge is 0.342 e. The van der Waals surface area contributed by atoms with E-state index in [2.05, 4.69) is 19.1 Å². The molecule has 25 heavy (non-hydrogen) atoms. The SMILES string of the molecule is CCCCCCCCC=CCCCCCCCC(=O)OOC(C)(C)C. The molecular weight excluding hydrogens is 312 g/mol. The molecule has 0 heterocycles. The van der Waals surface area contributed by atoms with Crippen molar-refractivity contribution in [1.82, 2.24) is 0 Å². The molecule has 0 aromatic rings. The van der Waals surface area contributed by atoms with Crippen LogP contribution in [0.5, 0.6) is 0 Å². The van der Waals surface area contributed by atoms with Crippen molar-refractivity contribution in [3.05, 3.63) is 12.2 Å². The van der Waals surface area contributed by atoms with Crippen molar-refractivity contribution >= 4 is 5.97 Å². The molecule has 0 aliphatic carbocycles. The third-order valence-corrected chi connectivity index (χ3v) is 4.03. The fourth-order valence-corrected chi connectivity index (χ4v) is 2.55. The van der Waals surface area contributed by atoms with E-state index >= 15 is 0 Å². The van der Waals surface area contributed by atoms with Gasteiger partial charge in [-0.3, -0.25) is 4.89 Å². The van der Waals surface area contributed by atoms with E-state index in [0.29, 0.717) is 6.42 Å². The summed E-state index contributed by atoms with van der Waals surface area (Å²) in [5, 5.41) is 0. The Hall–Kier alpha value is -0.830. The summed E-state index contributed by atoms with van der Waals surface area (Å²) in [7, 11) is 0. The molecule has 0 spiro atoms. The highest BCUT2D eigenvalue weighted by atomic mass is 17.2. The minimum absolute atomic E-state index is 0.257. The molecule has 0 aromatic carbocycles. The summed E-state index contributed by atoms with van der Waals surface area (Å²) in [6, 6.07) is 0. The lowest BCUT2D eigenvalue weighted by atomic mass is 10.1. The van der Waals surface area contributed by atoms with Gasteiger partial charge in [-0.25, -0.2) is 4.79 Å². The van der Waals surface area contributed by atoms with Gasteiger partial charge in [0.1, 0.15) is 5.60 Å². The standard InChI is InChI=1S/C22H42O3/c1-5-6-7-8-9-10-11-12-13-14-15-16-17-18-19-20-21(23)24-25-22(2,3)4/h12-13H,5-11,14-20H2,1-4H3. The van der Waals surface area contributed by atoms with Crippen LogP contribution in [0.1, 0.15) is 118 Å². The zero-order valence-corrected chi connectivity index (χ0v) is 17.3. The summed E-state index contributed by atoms with van der Waals surface area (Å²) in [5.74, 6) is -0.257. The fraction of sp³-hybridized carbons (Fsp3) is 0.864. The van der Waals surface area contributed by atoms with Crippen LogP contribution in [0.15, 0.2) is 12.2 Å². The zero-order valence-electron chi connectivity index (χ0n) is 17.3. The van der Waals surface area contributed by atoms with Gasteiger partial charge in [-0.1, -0.05) is 70.4 Å². The quantitative estimate of drug-likeness (QED) is 0.126. The van der Waals surface area contributed by atoms with Gasteiger partial charge < -0.3 is 0 Å². The van der Waals surface area contributed by atoms with Gasteiger partial charge in [0.2, 0.25) is 0 Å². The van der Waals surface area contributed by atoms with Crippen LogP contribution in [0.3, 0.4) is 0 Å². The van der Waals surface area contributed by atoms with Crippen LogP contribution in [0.25, 0.3) is 0 Å². The van der Waals surface area contributed by atoms with Crippen molar-refractivity contribution in [3.63, 3.8) is 0 Å². The highest BCUT2D eigenvalue weighted by Crippen LogP contribution is 2.11. The highest BCUT2D eigenvalue weighted by molar-refractivity contribution is 5.68. The Kier molecular flexibility index (Phi) is 16.1. The van der Waals surface area contributed by atoms with E-state index in [1.165, 1.54) is 70.6 Å². The van der Waals surface area contributed by atoms with Crippen LogP contribution in [-0.4, -0.2) is 11.6 Å². The molecule has 148 valence electrons. The smallest absolute Gasteiger partial charge is 0.298 e. The Labute approximate surface area is 156 Å². The molecule has 0 N–H and O–H groups in total. The summed E-state index contributed by atoms with van der Waals surface area (Å²) in [6.45, 7) is 7.85. The highest BCUT2D eigenvalue weighted by Gasteiger charge is 2.14. The van der Waals surface area contributed by atoms with Gasteiger partial charge in [0, 0.05) is 6.42 Å². The van der Waals surface area contributed by atoms with Gasteiger partial charge in [-0.2, -0.15) is 4.89 Å². The Morgan fingerprint density at radius 3 is 1.76 bits per heavy atom. The average molecular weight is 355 g/mol. The number of unbranched alkanes of at least 4 members (excludes halogenated alkanes) is 11. The summed E-state index contributed by atoms with van der Waals surface area (Å²) >= 11 is 0. The summed E-state index contributed by atoms with van der Waals surface area (Å²) in [5.41, 5.74) is -0.432. The first-order valence-electron chi connectivity index (χ1n) is 10.5. The van der Waals surface area contributed by atoms with E-state index in [1.807, 2.05) is 20.8 Å². The maximum absolute atomic E-state index is 11.5. The van der Waals surface area contributed by atoms with Gasteiger partial charge in [0.05, 0.1) is 0 Å². The van der Waals surface area contributed by atoms with Crippen LogP contribution in [0.4, 0.5) is 0 Å². The second-order valence-electron chi connectivity index (χ2n) is 7.99. The van der Waals surface area contributed by atoms with Gasteiger partial charge in [-0.15, -0.1) is 0 Å². The molecular formula is C22H42O3. The third kappa shape index (κ3) is 21.1. The molecule has 0 aliphatic heterocycles. The average Bonchev–Trinajstić information content (AvgIpc) is 2.56. The second-order valence-corrected chi connectivity index (χ2v) is 7.99. The molecule has 0 aliphatic rings. The Bertz CT molecular complexity index is 329. The molecule has 0 aromatic heterocycles. The molecule has 3 nitrogen and oxygen atoms in total. The monoisotopic (exact) mass is 354 g/mol. The fourth-order valence-electron chi connectivity index (χ4n) is 2.55. The molecule has 0 rings (SSSR count). The van der Waals surface area contributed by atoms with E-state index in [4.69, 9.17) is 9.78 Å². The van der Waals surface area contributed by atoms with Gasteiger partial charge in [0.25, 0.3) is 0 Å². The Morgan fingerprint density at radius 1 is 0.760 bits per heavy atom. The van der Waals surface area contributed by atoms with Gasteiger partial charge in [0.15, 0.2) is 0 Å². The minimum atomic E-state index is -0.432. The predicted molar refractivity (Wildman–Crippen MR) is 106 cm³/mol. The number of allylic oxidation sites excluding steroid dienone is 2. The molecule has 0 saturated carbocycles. The first-order chi connectivity index (χ1) is 12.0. The third-order valence-electron chi connectivity index (χ3n) is 4.03. The van der Waals surface area contributed by atoms with Crippen molar-refractivity contribution in [2.75, 3.05) is 0 Å². The Balaban J connectivity index is 3.25. The van der Waals surface area contributed by atoms with Crippen molar-refractivity contribution in [1.29, 1.82) is 0 Å². The maximum Gasteiger partial charge on any atom is 0.342 e. The molecule has 0 bridgehead atoms. The van der Waals surface area contributed by atoms with Gasteiger partial charge >= 0.3 is 5.97 Å². The van der Waals surface area contributed by atoms with Gasteiger partial charge in [-0.05, 0) is 52.9 Å². The summed E-state index contributed by atoms with van der Waals surface area (Å²) < 4.78 is 0.